The van der Waals surface area contributed by atoms with Crippen molar-refractivity contribution in [1.82, 2.24) is 4.90 Å². The Balaban J connectivity index is 1.98. The molecule has 2 rings (SSSR count). The monoisotopic (exact) mass is 342 g/mol. The first-order chi connectivity index (χ1) is 11.2. The number of nitrogen functional groups attached to an aromatic ring is 1. The minimum absolute atomic E-state index is 0.00271. The van der Waals surface area contributed by atoms with Crippen LogP contribution >= 0.6 is 0 Å². The van der Waals surface area contributed by atoms with Crippen molar-refractivity contribution < 1.29 is 23.0 Å². The molecule has 24 heavy (non-hydrogen) atoms. The lowest BCUT2D eigenvalue weighted by Crippen LogP contribution is -2.41. The fourth-order valence-electron chi connectivity index (χ4n) is 2.72. The predicted molar refractivity (Wildman–Crippen MR) is 87.3 cm³/mol. The predicted octanol–water partition coefficient (Wildman–Crippen LogP) is 3.98. The van der Waals surface area contributed by atoms with Crippen LogP contribution < -0.4 is 10.5 Å². The van der Waals surface area contributed by atoms with E-state index in [0.717, 1.165) is 18.4 Å². The zero-order valence-corrected chi connectivity index (χ0v) is 14.2. The number of piperidine rings is 1. The summed E-state index contributed by atoms with van der Waals surface area (Å²) in [7, 11) is 0. The lowest BCUT2D eigenvalue weighted by atomic mass is 9.89. The lowest BCUT2D eigenvalue weighted by Gasteiger charge is -2.33. The number of nitrogens with zero attached hydrogens (tertiary/aromatic N) is 1. The fourth-order valence-corrected chi connectivity index (χ4v) is 2.72. The van der Waals surface area contributed by atoms with E-state index in [9.17, 15) is 13.6 Å². The average molecular weight is 342 g/mol. The second kappa shape index (κ2) is 7.23. The van der Waals surface area contributed by atoms with Gasteiger partial charge >= 0.3 is 12.7 Å². The van der Waals surface area contributed by atoms with E-state index in [4.69, 9.17) is 10.5 Å². The molecule has 1 amide bonds. The number of carbonyl (C=O) groups excluding carboxylic acids is 1. The Morgan fingerprint density at radius 2 is 1.92 bits per heavy atom. The van der Waals surface area contributed by atoms with Crippen LogP contribution in [-0.4, -0.2) is 36.3 Å². The number of nitrogens with two attached hydrogens (primary N) is 1. The number of likely N-dealkylation sites (tertiary alicyclic amines) is 1. The van der Waals surface area contributed by atoms with Crippen LogP contribution in [-0.2, 0) is 4.74 Å². The number of alkyl halides is 2. The Morgan fingerprint density at radius 1 is 1.29 bits per heavy atom. The van der Waals surface area contributed by atoms with Crippen LogP contribution in [0.4, 0.5) is 19.3 Å². The van der Waals surface area contributed by atoms with Gasteiger partial charge in [0.2, 0.25) is 0 Å². The van der Waals surface area contributed by atoms with Gasteiger partial charge in [-0.1, -0.05) is 6.07 Å². The third-order valence-corrected chi connectivity index (χ3v) is 3.87. The Kier molecular flexibility index (Phi) is 5.51. The summed E-state index contributed by atoms with van der Waals surface area (Å²) in [6, 6.07) is 4.96. The SMILES string of the molecule is CC(C)(C)OC(=O)N1CCC(c2ccc(N)c(OC(F)F)c2)CC1. The lowest BCUT2D eigenvalue weighted by molar-refractivity contribution is -0.0494. The maximum absolute atomic E-state index is 12.4. The highest BCUT2D eigenvalue weighted by atomic mass is 19.3. The van der Waals surface area contributed by atoms with E-state index >= 15 is 0 Å². The summed E-state index contributed by atoms with van der Waals surface area (Å²) >= 11 is 0. The molecule has 0 radical (unpaired) electrons. The van der Waals surface area contributed by atoms with E-state index in [2.05, 4.69) is 4.74 Å². The summed E-state index contributed by atoms with van der Waals surface area (Å²) in [4.78, 5) is 13.7. The molecule has 0 bridgehead atoms. The van der Waals surface area contributed by atoms with E-state index in [-0.39, 0.29) is 23.4 Å². The molecule has 0 aliphatic carbocycles. The molecule has 1 saturated heterocycles. The Bertz CT molecular complexity index is 580. The normalized spacial score (nSPS) is 16.3. The van der Waals surface area contributed by atoms with Crippen molar-refractivity contribution in [2.45, 2.75) is 51.7 Å². The van der Waals surface area contributed by atoms with Gasteiger partial charge in [-0.2, -0.15) is 8.78 Å². The number of hydrogen-bond acceptors (Lipinski definition) is 4. The topological polar surface area (TPSA) is 64.8 Å². The molecule has 2 N–H and O–H groups in total. The second-order valence-electron chi connectivity index (χ2n) is 6.92. The molecule has 7 heteroatoms. The highest BCUT2D eigenvalue weighted by Crippen LogP contribution is 2.33. The molecule has 0 unspecified atom stereocenters. The van der Waals surface area contributed by atoms with E-state index in [1.807, 2.05) is 26.8 Å². The molecule has 0 atom stereocenters. The minimum Gasteiger partial charge on any atom is -0.444 e. The van der Waals surface area contributed by atoms with Crippen molar-refractivity contribution in [1.29, 1.82) is 0 Å². The Labute approximate surface area is 140 Å². The standard InChI is InChI=1S/C17H24F2N2O3/c1-17(2,3)24-16(22)21-8-6-11(7-9-21)12-4-5-13(20)14(10-12)23-15(18)19/h4-5,10-11,15H,6-9,20H2,1-3H3. The Hall–Kier alpha value is -2.05. The van der Waals surface area contributed by atoms with Crippen molar-refractivity contribution in [3.8, 4) is 5.75 Å². The van der Waals surface area contributed by atoms with Crippen molar-refractivity contribution in [3.63, 3.8) is 0 Å². The van der Waals surface area contributed by atoms with E-state index < -0.39 is 12.2 Å². The first kappa shape index (κ1) is 18.3. The number of amides is 1. The van der Waals surface area contributed by atoms with Crippen molar-refractivity contribution in [2.24, 2.45) is 0 Å². The Morgan fingerprint density at radius 3 is 2.46 bits per heavy atom. The second-order valence-corrected chi connectivity index (χ2v) is 6.92. The largest absolute Gasteiger partial charge is 0.444 e. The van der Waals surface area contributed by atoms with Crippen molar-refractivity contribution >= 4 is 11.8 Å². The van der Waals surface area contributed by atoms with Crippen molar-refractivity contribution in [3.05, 3.63) is 23.8 Å². The fraction of sp³-hybridized carbons (Fsp3) is 0.588. The molecule has 1 heterocycles. The molecule has 0 saturated carbocycles. The van der Waals surface area contributed by atoms with Gasteiger partial charge in [0.1, 0.15) is 11.4 Å². The number of carbonyl (C=O) groups is 1. The zero-order chi connectivity index (χ0) is 17.9. The zero-order valence-electron chi connectivity index (χ0n) is 14.2. The first-order valence-corrected chi connectivity index (χ1v) is 7.98. The van der Waals surface area contributed by atoms with Gasteiger partial charge in [0.05, 0.1) is 5.69 Å². The van der Waals surface area contributed by atoms with Gasteiger partial charge in [0, 0.05) is 13.1 Å². The van der Waals surface area contributed by atoms with Crippen LogP contribution in [0, 0.1) is 0 Å². The number of halogens is 2. The van der Waals surface area contributed by atoms with Crippen LogP contribution in [0.3, 0.4) is 0 Å². The summed E-state index contributed by atoms with van der Waals surface area (Å²) in [5.41, 5.74) is 6.22. The van der Waals surface area contributed by atoms with Gasteiger partial charge in [-0.15, -0.1) is 0 Å². The first-order valence-electron chi connectivity index (χ1n) is 7.98. The average Bonchev–Trinajstić information content (AvgIpc) is 2.47. The third-order valence-electron chi connectivity index (χ3n) is 3.87. The van der Waals surface area contributed by atoms with Gasteiger partial charge < -0.3 is 20.1 Å². The van der Waals surface area contributed by atoms with E-state index in [0.29, 0.717) is 13.1 Å². The van der Waals surface area contributed by atoms with E-state index in [1.54, 1.807) is 17.0 Å². The molecule has 134 valence electrons. The maximum Gasteiger partial charge on any atom is 0.410 e. The molecule has 1 fully saturated rings. The van der Waals surface area contributed by atoms with Crippen LogP contribution in [0.25, 0.3) is 0 Å². The van der Waals surface area contributed by atoms with Crippen LogP contribution in [0.15, 0.2) is 18.2 Å². The van der Waals surface area contributed by atoms with Crippen LogP contribution in [0.2, 0.25) is 0 Å². The number of anilines is 1. The summed E-state index contributed by atoms with van der Waals surface area (Å²) in [5, 5.41) is 0. The van der Waals surface area contributed by atoms with Gasteiger partial charge in [0.25, 0.3) is 0 Å². The number of ether oxygens (including phenoxy) is 2. The van der Waals surface area contributed by atoms with Gasteiger partial charge in [0.15, 0.2) is 0 Å². The summed E-state index contributed by atoms with van der Waals surface area (Å²) in [5.74, 6) is 0.168. The van der Waals surface area contributed by atoms with Gasteiger partial charge in [-0.3, -0.25) is 0 Å². The van der Waals surface area contributed by atoms with Crippen molar-refractivity contribution in [2.75, 3.05) is 18.8 Å². The summed E-state index contributed by atoms with van der Waals surface area (Å²) in [6.07, 6.45) is 1.15. The molecule has 1 aliphatic heterocycles. The third kappa shape index (κ3) is 4.97. The molecule has 0 aromatic heterocycles. The van der Waals surface area contributed by atoms with E-state index in [1.165, 1.54) is 0 Å². The van der Waals surface area contributed by atoms with Crippen LogP contribution in [0.1, 0.15) is 45.1 Å². The van der Waals surface area contributed by atoms with Crippen LogP contribution in [0.5, 0.6) is 5.75 Å². The highest BCUT2D eigenvalue weighted by molar-refractivity contribution is 5.68. The van der Waals surface area contributed by atoms with Gasteiger partial charge in [-0.25, -0.2) is 4.79 Å². The molecule has 1 aliphatic rings. The number of rotatable bonds is 3. The smallest absolute Gasteiger partial charge is 0.410 e. The quantitative estimate of drug-likeness (QED) is 0.844. The molecular weight excluding hydrogens is 318 g/mol. The summed E-state index contributed by atoms with van der Waals surface area (Å²) < 4.78 is 34.6. The molecule has 5 nitrogen and oxygen atoms in total. The highest BCUT2D eigenvalue weighted by Gasteiger charge is 2.27. The number of benzene rings is 1. The molecule has 0 spiro atoms. The van der Waals surface area contributed by atoms with Gasteiger partial charge in [-0.05, 0) is 57.2 Å². The molecule has 1 aromatic rings. The minimum atomic E-state index is -2.91. The maximum atomic E-state index is 12.4. The molecule has 1 aromatic carbocycles. The number of hydrogen-bond donors (Lipinski definition) is 1. The molecular formula is C17H24F2N2O3. The summed E-state index contributed by atoms with van der Waals surface area (Å²) in [6.45, 7) is 3.71.